The normalized spacial score (nSPS) is 13.7. The first kappa shape index (κ1) is 19.2. The minimum atomic E-state index is 0.209. The fraction of sp³-hybridized carbons (Fsp3) is 0.579. The van der Waals surface area contributed by atoms with Crippen LogP contribution in [0.4, 0.5) is 0 Å². The van der Waals surface area contributed by atoms with Crippen LogP contribution in [-0.2, 0) is 22.6 Å². The first-order chi connectivity index (χ1) is 12.2. The highest BCUT2D eigenvalue weighted by molar-refractivity contribution is 5.80. The highest BCUT2D eigenvalue weighted by atomic mass is 16.5. The molecule has 0 spiro atoms. The standard InChI is InChI=1S/C19H30N4O2/c1-3-20-19(22-12-13-25-4-2)21-11-7-10-18(24)23-14-16-8-5-6-9-17(16)15-23/h5-6,8-9H,3-4,7,10-15H2,1-2H3,(H2,20,21,22). The molecule has 1 aromatic rings. The number of carbonyl (C=O) groups excluding carboxylic acids is 1. The van der Waals surface area contributed by atoms with Crippen LogP contribution in [0.15, 0.2) is 29.3 Å². The maximum Gasteiger partial charge on any atom is 0.223 e. The number of carbonyl (C=O) groups is 1. The van der Waals surface area contributed by atoms with Crippen LogP contribution in [0, 0.1) is 0 Å². The van der Waals surface area contributed by atoms with Crippen molar-refractivity contribution in [2.24, 2.45) is 4.99 Å². The molecule has 0 unspecified atom stereocenters. The molecule has 2 N–H and O–H groups in total. The number of nitrogens with zero attached hydrogens (tertiary/aromatic N) is 2. The summed E-state index contributed by atoms with van der Waals surface area (Å²) in [5.41, 5.74) is 2.53. The van der Waals surface area contributed by atoms with Crippen molar-refractivity contribution in [2.75, 3.05) is 32.8 Å². The number of hydrogen-bond donors (Lipinski definition) is 2. The topological polar surface area (TPSA) is 66.0 Å². The van der Waals surface area contributed by atoms with E-state index in [4.69, 9.17) is 4.74 Å². The Morgan fingerprint density at radius 3 is 2.56 bits per heavy atom. The highest BCUT2D eigenvalue weighted by Crippen LogP contribution is 2.22. The maximum atomic E-state index is 12.4. The van der Waals surface area contributed by atoms with Crippen molar-refractivity contribution in [3.63, 3.8) is 0 Å². The Bertz CT molecular complexity index is 549. The Morgan fingerprint density at radius 1 is 1.20 bits per heavy atom. The van der Waals surface area contributed by atoms with Crippen molar-refractivity contribution >= 4 is 11.9 Å². The van der Waals surface area contributed by atoms with Gasteiger partial charge in [0, 0.05) is 45.8 Å². The van der Waals surface area contributed by atoms with Gasteiger partial charge in [0.25, 0.3) is 0 Å². The van der Waals surface area contributed by atoms with Gasteiger partial charge in [0.1, 0.15) is 0 Å². The summed E-state index contributed by atoms with van der Waals surface area (Å²) in [6.07, 6.45) is 1.30. The van der Waals surface area contributed by atoms with Crippen LogP contribution >= 0.6 is 0 Å². The summed E-state index contributed by atoms with van der Waals surface area (Å²) in [5, 5.41) is 6.43. The first-order valence-electron chi connectivity index (χ1n) is 9.19. The van der Waals surface area contributed by atoms with Gasteiger partial charge in [-0.2, -0.15) is 0 Å². The number of rotatable bonds is 9. The summed E-state index contributed by atoms with van der Waals surface area (Å²) < 4.78 is 5.31. The zero-order valence-electron chi connectivity index (χ0n) is 15.4. The van der Waals surface area contributed by atoms with Gasteiger partial charge in [-0.25, -0.2) is 0 Å². The molecule has 6 heteroatoms. The van der Waals surface area contributed by atoms with Crippen molar-refractivity contribution in [2.45, 2.75) is 39.8 Å². The van der Waals surface area contributed by atoms with Gasteiger partial charge in [0.05, 0.1) is 6.61 Å². The second-order valence-electron chi connectivity index (χ2n) is 6.01. The number of benzene rings is 1. The smallest absolute Gasteiger partial charge is 0.223 e. The fourth-order valence-electron chi connectivity index (χ4n) is 2.82. The third-order valence-corrected chi connectivity index (χ3v) is 4.10. The number of aliphatic imine (C=N–C) groups is 1. The van der Waals surface area contributed by atoms with Crippen molar-refractivity contribution in [3.8, 4) is 0 Å². The molecular formula is C19H30N4O2. The van der Waals surface area contributed by atoms with E-state index in [0.717, 1.165) is 45.2 Å². The van der Waals surface area contributed by atoms with Gasteiger partial charge in [-0.1, -0.05) is 24.3 Å². The van der Waals surface area contributed by atoms with E-state index in [2.05, 4.69) is 27.8 Å². The molecule has 1 aliphatic rings. The van der Waals surface area contributed by atoms with Gasteiger partial charge in [-0.15, -0.1) is 0 Å². The van der Waals surface area contributed by atoms with Crippen LogP contribution in [0.1, 0.15) is 37.8 Å². The monoisotopic (exact) mass is 346 g/mol. The second kappa shape index (κ2) is 10.7. The molecule has 1 amide bonds. The lowest BCUT2D eigenvalue weighted by Gasteiger charge is -2.15. The molecule has 0 aliphatic carbocycles. The van der Waals surface area contributed by atoms with Crippen LogP contribution in [0.5, 0.6) is 0 Å². The molecule has 1 heterocycles. The fourth-order valence-corrected chi connectivity index (χ4v) is 2.82. The Balaban J connectivity index is 1.69. The van der Waals surface area contributed by atoms with Crippen molar-refractivity contribution < 1.29 is 9.53 Å². The zero-order valence-corrected chi connectivity index (χ0v) is 15.4. The average molecular weight is 346 g/mol. The summed E-state index contributed by atoms with van der Waals surface area (Å²) >= 11 is 0. The number of fused-ring (bicyclic) bond motifs is 1. The van der Waals surface area contributed by atoms with Crippen molar-refractivity contribution in [1.29, 1.82) is 0 Å². The number of ether oxygens (including phenoxy) is 1. The number of hydrogen-bond acceptors (Lipinski definition) is 3. The summed E-state index contributed by atoms with van der Waals surface area (Å²) in [7, 11) is 0. The third kappa shape index (κ3) is 6.38. The highest BCUT2D eigenvalue weighted by Gasteiger charge is 2.22. The van der Waals surface area contributed by atoms with Crippen molar-refractivity contribution in [3.05, 3.63) is 35.4 Å². The predicted octanol–water partition coefficient (Wildman–Crippen LogP) is 1.90. The summed E-state index contributed by atoms with van der Waals surface area (Å²) in [6, 6.07) is 8.26. The van der Waals surface area contributed by atoms with E-state index >= 15 is 0 Å². The van der Waals surface area contributed by atoms with Crippen LogP contribution in [0.25, 0.3) is 0 Å². The van der Waals surface area contributed by atoms with E-state index in [1.807, 2.05) is 30.9 Å². The number of amides is 1. The first-order valence-corrected chi connectivity index (χ1v) is 9.19. The molecule has 0 radical (unpaired) electrons. The molecule has 1 aliphatic heterocycles. The molecule has 25 heavy (non-hydrogen) atoms. The van der Waals surface area contributed by atoms with E-state index in [1.165, 1.54) is 11.1 Å². The molecule has 138 valence electrons. The Morgan fingerprint density at radius 2 is 1.92 bits per heavy atom. The second-order valence-corrected chi connectivity index (χ2v) is 6.01. The van der Waals surface area contributed by atoms with Gasteiger partial charge in [0.15, 0.2) is 5.96 Å². The van der Waals surface area contributed by atoms with Crippen LogP contribution in [0.2, 0.25) is 0 Å². The SMILES string of the molecule is CCNC(=NCCCC(=O)N1Cc2ccccc2C1)NCCOCC. The van der Waals surface area contributed by atoms with E-state index in [0.29, 0.717) is 19.6 Å². The van der Waals surface area contributed by atoms with Gasteiger partial charge in [-0.3, -0.25) is 9.79 Å². The van der Waals surface area contributed by atoms with Gasteiger partial charge >= 0.3 is 0 Å². The van der Waals surface area contributed by atoms with Gasteiger partial charge in [-0.05, 0) is 31.4 Å². The molecule has 2 rings (SSSR count). The Labute approximate surface area is 150 Å². The van der Waals surface area contributed by atoms with Crippen LogP contribution < -0.4 is 10.6 Å². The average Bonchev–Trinajstić information content (AvgIpc) is 3.06. The van der Waals surface area contributed by atoms with E-state index < -0.39 is 0 Å². The molecule has 1 aromatic carbocycles. The molecular weight excluding hydrogens is 316 g/mol. The van der Waals surface area contributed by atoms with E-state index in [9.17, 15) is 4.79 Å². The van der Waals surface area contributed by atoms with Crippen molar-refractivity contribution in [1.82, 2.24) is 15.5 Å². The lowest BCUT2D eigenvalue weighted by molar-refractivity contribution is -0.131. The van der Waals surface area contributed by atoms with Crippen LogP contribution in [0.3, 0.4) is 0 Å². The third-order valence-electron chi connectivity index (χ3n) is 4.10. The van der Waals surface area contributed by atoms with E-state index in [-0.39, 0.29) is 5.91 Å². The molecule has 0 atom stereocenters. The molecule has 0 aromatic heterocycles. The summed E-state index contributed by atoms with van der Waals surface area (Å²) in [4.78, 5) is 18.8. The van der Waals surface area contributed by atoms with Gasteiger partial charge in [0.2, 0.25) is 5.91 Å². The van der Waals surface area contributed by atoms with Gasteiger partial charge < -0.3 is 20.3 Å². The number of guanidine groups is 1. The molecule has 6 nitrogen and oxygen atoms in total. The zero-order chi connectivity index (χ0) is 17.9. The number of nitrogens with one attached hydrogen (secondary N) is 2. The minimum absolute atomic E-state index is 0.209. The largest absolute Gasteiger partial charge is 0.380 e. The minimum Gasteiger partial charge on any atom is -0.380 e. The molecule has 0 saturated heterocycles. The predicted molar refractivity (Wildman–Crippen MR) is 100 cm³/mol. The Kier molecular flexibility index (Phi) is 8.25. The summed E-state index contributed by atoms with van der Waals surface area (Å²) in [5.74, 6) is 0.990. The van der Waals surface area contributed by atoms with E-state index in [1.54, 1.807) is 0 Å². The quantitative estimate of drug-likeness (QED) is 0.407. The Hall–Kier alpha value is -2.08. The molecule has 0 saturated carbocycles. The van der Waals surface area contributed by atoms with Crippen LogP contribution in [-0.4, -0.2) is 49.6 Å². The lowest BCUT2D eigenvalue weighted by atomic mass is 10.1. The molecule has 0 bridgehead atoms. The molecule has 0 fully saturated rings. The maximum absolute atomic E-state index is 12.4. The summed E-state index contributed by atoms with van der Waals surface area (Å²) in [6.45, 7) is 9.04. The lowest BCUT2D eigenvalue weighted by Crippen LogP contribution is -2.39.